The third-order valence-corrected chi connectivity index (χ3v) is 3.91. The molecule has 1 atom stereocenters. The first-order valence-corrected chi connectivity index (χ1v) is 8.07. The Morgan fingerprint density at radius 2 is 1.81 bits per heavy atom. The van der Waals surface area contributed by atoms with E-state index in [4.69, 9.17) is 0 Å². The molecule has 1 N–H and O–H groups in total. The van der Waals surface area contributed by atoms with Gasteiger partial charge in [0.2, 0.25) is 11.8 Å². The SMILES string of the molecule is CC(C)CC(NC(=O)CSc1ccccc1)C(=O)N(C)C. The van der Waals surface area contributed by atoms with Gasteiger partial charge < -0.3 is 10.2 Å². The van der Waals surface area contributed by atoms with Crippen LogP contribution in [0.25, 0.3) is 0 Å². The quantitative estimate of drug-likeness (QED) is 0.787. The van der Waals surface area contributed by atoms with E-state index in [1.54, 1.807) is 14.1 Å². The summed E-state index contributed by atoms with van der Waals surface area (Å²) in [6.07, 6.45) is 0.652. The number of nitrogens with zero attached hydrogens (tertiary/aromatic N) is 1. The number of hydrogen-bond donors (Lipinski definition) is 1. The van der Waals surface area contributed by atoms with Gasteiger partial charge in [-0.25, -0.2) is 0 Å². The Balaban J connectivity index is 2.53. The van der Waals surface area contributed by atoms with Crippen molar-refractivity contribution in [2.24, 2.45) is 5.92 Å². The maximum Gasteiger partial charge on any atom is 0.244 e. The Labute approximate surface area is 131 Å². The Morgan fingerprint density at radius 1 is 1.19 bits per heavy atom. The van der Waals surface area contributed by atoms with Crippen molar-refractivity contribution < 1.29 is 9.59 Å². The third-order valence-electron chi connectivity index (χ3n) is 2.89. The summed E-state index contributed by atoms with van der Waals surface area (Å²) in [5.74, 6) is 0.506. The number of likely N-dealkylation sites (N-methyl/N-ethyl adjacent to an activating group) is 1. The second kappa shape index (κ2) is 8.72. The Hall–Kier alpha value is -1.49. The maximum absolute atomic E-state index is 12.1. The average molecular weight is 308 g/mol. The largest absolute Gasteiger partial charge is 0.347 e. The van der Waals surface area contributed by atoms with Gasteiger partial charge in [-0.2, -0.15) is 0 Å². The normalized spacial score (nSPS) is 12.0. The maximum atomic E-state index is 12.1. The van der Waals surface area contributed by atoms with E-state index in [0.29, 0.717) is 18.1 Å². The smallest absolute Gasteiger partial charge is 0.244 e. The molecule has 5 heteroatoms. The second-order valence-corrected chi connectivity index (χ2v) is 6.63. The van der Waals surface area contributed by atoms with Crippen LogP contribution in [0.5, 0.6) is 0 Å². The molecule has 1 aromatic rings. The van der Waals surface area contributed by atoms with Crippen molar-refractivity contribution in [3.63, 3.8) is 0 Å². The molecule has 0 radical (unpaired) electrons. The summed E-state index contributed by atoms with van der Waals surface area (Å²) in [7, 11) is 3.42. The molecule has 0 fully saturated rings. The van der Waals surface area contributed by atoms with Crippen molar-refractivity contribution in [1.29, 1.82) is 0 Å². The van der Waals surface area contributed by atoms with E-state index in [0.717, 1.165) is 4.90 Å². The van der Waals surface area contributed by atoms with Crippen LogP contribution in [0.15, 0.2) is 35.2 Å². The Bertz CT molecular complexity index is 461. The third kappa shape index (κ3) is 6.67. The van der Waals surface area contributed by atoms with Gasteiger partial charge in [-0.05, 0) is 24.5 Å². The van der Waals surface area contributed by atoms with Crippen molar-refractivity contribution in [2.75, 3.05) is 19.8 Å². The number of thioether (sulfide) groups is 1. The Kier molecular flexibility index (Phi) is 7.29. The molecule has 4 nitrogen and oxygen atoms in total. The molecule has 0 bridgehead atoms. The van der Waals surface area contributed by atoms with Gasteiger partial charge in [0.1, 0.15) is 6.04 Å². The standard InChI is InChI=1S/C16H24N2O2S/c1-12(2)10-14(16(20)18(3)4)17-15(19)11-21-13-8-6-5-7-9-13/h5-9,12,14H,10-11H2,1-4H3,(H,17,19). The summed E-state index contributed by atoms with van der Waals surface area (Å²) in [5, 5.41) is 2.85. The van der Waals surface area contributed by atoms with Crippen LogP contribution in [0.4, 0.5) is 0 Å². The summed E-state index contributed by atoms with van der Waals surface area (Å²) < 4.78 is 0. The van der Waals surface area contributed by atoms with E-state index in [-0.39, 0.29) is 11.8 Å². The number of hydrogen-bond acceptors (Lipinski definition) is 3. The van der Waals surface area contributed by atoms with Gasteiger partial charge >= 0.3 is 0 Å². The molecule has 0 heterocycles. The molecular weight excluding hydrogens is 284 g/mol. The van der Waals surface area contributed by atoms with E-state index >= 15 is 0 Å². The fourth-order valence-electron chi connectivity index (χ4n) is 1.91. The fourth-order valence-corrected chi connectivity index (χ4v) is 2.64. The van der Waals surface area contributed by atoms with Crippen molar-refractivity contribution in [1.82, 2.24) is 10.2 Å². The van der Waals surface area contributed by atoms with Crippen LogP contribution in [-0.2, 0) is 9.59 Å². The number of carbonyl (C=O) groups excluding carboxylic acids is 2. The summed E-state index contributed by atoms with van der Waals surface area (Å²) in [5.41, 5.74) is 0. The molecule has 0 aliphatic rings. The first-order chi connectivity index (χ1) is 9.90. The van der Waals surface area contributed by atoms with E-state index in [2.05, 4.69) is 5.32 Å². The van der Waals surface area contributed by atoms with Gasteiger partial charge in [-0.15, -0.1) is 11.8 Å². The molecular formula is C16H24N2O2S. The van der Waals surface area contributed by atoms with Gasteiger partial charge in [0, 0.05) is 19.0 Å². The highest BCUT2D eigenvalue weighted by Gasteiger charge is 2.23. The molecule has 1 rings (SSSR count). The minimum absolute atomic E-state index is 0.0539. The summed E-state index contributed by atoms with van der Waals surface area (Å²) in [6.45, 7) is 4.08. The zero-order valence-electron chi connectivity index (χ0n) is 13.1. The van der Waals surface area contributed by atoms with Crippen LogP contribution in [0.2, 0.25) is 0 Å². The highest BCUT2D eigenvalue weighted by molar-refractivity contribution is 8.00. The highest BCUT2D eigenvalue weighted by Crippen LogP contribution is 2.16. The zero-order chi connectivity index (χ0) is 15.8. The van der Waals surface area contributed by atoms with Crippen LogP contribution in [-0.4, -0.2) is 42.6 Å². The molecule has 116 valence electrons. The molecule has 0 spiro atoms. The molecule has 0 saturated heterocycles. The lowest BCUT2D eigenvalue weighted by atomic mass is 10.0. The number of amides is 2. The highest BCUT2D eigenvalue weighted by atomic mass is 32.2. The van der Waals surface area contributed by atoms with Gasteiger partial charge in [-0.1, -0.05) is 32.0 Å². The molecule has 2 amide bonds. The Morgan fingerprint density at radius 3 is 2.33 bits per heavy atom. The van der Waals surface area contributed by atoms with E-state index in [9.17, 15) is 9.59 Å². The molecule has 0 aliphatic carbocycles. The number of benzene rings is 1. The predicted molar refractivity (Wildman–Crippen MR) is 87.2 cm³/mol. The number of nitrogens with one attached hydrogen (secondary N) is 1. The van der Waals surface area contributed by atoms with Gasteiger partial charge in [0.25, 0.3) is 0 Å². The van der Waals surface area contributed by atoms with Crippen LogP contribution < -0.4 is 5.32 Å². The molecule has 0 saturated carbocycles. The monoisotopic (exact) mass is 308 g/mol. The van der Waals surface area contributed by atoms with Crippen LogP contribution >= 0.6 is 11.8 Å². The van der Waals surface area contributed by atoms with Crippen molar-refractivity contribution in [2.45, 2.75) is 31.2 Å². The minimum atomic E-state index is -0.441. The molecule has 1 aromatic carbocycles. The van der Waals surface area contributed by atoms with Crippen LogP contribution in [0, 0.1) is 5.92 Å². The first kappa shape index (κ1) is 17.6. The topological polar surface area (TPSA) is 49.4 Å². The van der Waals surface area contributed by atoms with E-state index in [1.807, 2.05) is 44.2 Å². The molecule has 0 aromatic heterocycles. The lowest BCUT2D eigenvalue weighted by molar-refractivity contribution is -0.134. The lowest BCUT2D eigenvalue weighted by Gasteiger charge is -2.23. The van der Waals surface area contributed by atoms with Crippen LogP contribution in [0.1, 0.15) is 20.3 Å². The average Bonchev–Trinajstić information content (AvgIpc) is 2.44. The van der Waals surface area contributed by atoms with Crippen molar-refractivity contribution in [3.05, 3.63) is 30.3 Å². The van der Waals surface area contributed by atoms with Gasteiger partial charge in [-0.3, -0.25) is 9.59 Å². The van der Waals surface area contributed by atoms with Gasteiger partial charge in [0.05, 0.1) is 5.75 Å². The number of rotatable bonds is 7. The van der Waals surface area contributed by atoms with Gasteiger partial charge in [0.15, 0.2) is 0 Å². The molecule has 21 heavy (non-hydrogen) atoms. The molecule has 1 unspecified atom stereocenters. The minimum Gasteiger partial charge on any atom is -0.347 e. The van der Waals surface area contributed by atoms with E-state index < -0.39 is 6.04 Å². The summed E-state index contributed by atoms with van der Waals surface area (Å²) in [6, 6.07) is 9.32. The fraction of sp³-hybridized carbons (Fsp3) is 0.500. The predicted octanol–water partition coefficient (Wildman–Crippen LogP) is 2.40. The first-order valence-electron chi connectivity index (χ1n) is 7.08. The van der Waals surface area contributed by atoms with E-state index in [1.165, 1.54) is 16.7 Å². The number of carbonyl (C=O) groups is 2. The second-order valence-electron chi connectivity index (χ2n) is 5.58. The van der Waals surface area contributed by atoms with Crippen molar-refractivity contribution >= 4 is 23.6 Å². The van der Waals surface area contributed by atoms with Crippen LogP contribution in [0.3, 0.4) is 0 Å². The molecule has 0 aliphatic heterocycles. The summed E-state index contributed by atoms with van der Waals surface area (Å²) >= 11 is 1.47. The zero-order valence-corrected chi connectivity index (χ0v) is 13.9. The summed E-state index contributed by atoms with van der Waals surface area (Å²) in [4.78, 5) is 26.7. The lowest BCUT2D eigenvalue weighted by Crippen LogP contribution is -2.47. The van der Waals surface area contributed by atoms with Crippen molar-refractivity contribution in [3.8, 4) is 0 Å².